The van der Waals surface area contributed by atoms with E-state index in [1.807, 2.05) is 12.1 Å². The number of halogens is 1. The summed E-state index contributed by atoms with van der Waals surface area (Å²) in [5.41, 5.74) is 0.0969. The summed E-state index contributed by atoms with van der Waals surface area (Å²) in [5.74, 6) is 1.05. The fourth-order valence-corrected chi connectivity index (χ4v) is 4.31. The van der Waals surface area contributed by atoms with Crippen molar-refractivity contribution in [1.29, 1.82) is 0 Å². The van der Waals surface area contributed by atoms with Crippen LogP contribution in [0.25, 0.3) is 0 Å². The Balaban J connectivity index is 1.48. The van der Waals surface area contributed by atoms with Gasteiger partial charge in [-0.05, 0) is 68.4 Å². The minimum Gasteiger partial charge on any atom is -0.493 e. The third-order valence-electron chi connectivity index (χ3n) is 5.92. The van der Waals surface area contributed by atoms with E-state index in [1.54, 1.807) is 18.4 Å². The molecule has 3 aromatic rings. The number of methoxy groups -OCH3 is 1. The largest absolute Gasteiger partial charge is 0.493 e. The second kappa shape index (κ2) is 11.2. The molecule has 9 nitrogen and oxygen atoms in total. The van der Waals surface area contributed by atoms with Crippen LogP contribution in [0.3, 0.4) is 0 Å². The van der Waals surface area contributed by atoms with E-state index in [0.29, 0.717) is 12.1 Å². The molecule has 0 bridgehead atoms. The van der Waals surface area contributed by atoms with Gasteiger partial charge in [0.15, 0.2) is 11.5 Å². The van der Waals surface area contributed by atoms with Crippen LogP contribution >= 0.6 is 11.6 Å². The lowest BCUT2D eigenvalue weighted by Gasteiger charge is -2.33. The predicted octanol–water partition coefficient (Wildman–Crippen LogP) is 5.60. The van der Waals surface area contributed by atoms with Crippen LogP contribution in [-0.4, -0.2) is 42.5 Å². The number of ether oxygens (including phenoxy) is 2. The molecule has 0 aliphatic carbocycles. The first-order valence-corrected chi connectivity index (χ1v) is 11.7. The Hall–Kier alpha value is -3.56. The van der Waals surface area contributed by atoms with E-state index in [0.717, 1.165) is 31.7 Å². The molecule has 184 valence electrons. The highest BCUT2D eigenvalue weighted by Crippen LogP contribution is 2.38. The highest BCUT2D eigenvalue weighted by molar-refractivity contribution is 6.30. The number of carbonyl (C=O) groups is 1. The smallest absolute Gasteiger partial charge is 0.313 e. The summed E-state index contributed by atoms with van der Waals surface area (Å²) in [6.07, 6.45) is 5.09. The Morgan fingerprint density at radius 2 is 1.91 bits per heavy atom. The first-order chi connectivity index (χ1) is 17.0. The van der Waals surface area contributed by atoms with E-state index >= 15 is 0 Å². The molecule has 1 amide bonds. The Morgan fingerprint density at radius 3 is 2.60 bits per heavy atom. The standard InChI is InChI=1S/C25H26ClN3O6/c1-33-24-14-17(7-9-23(24)35-22-10-8-18(26)15-19(22)29(31)32)25(30)27-16-20(21-6-5-13-34-21)28-11-3-2-4-12-28/h5-10,13-15,20H,2-4,11-12,16H2,1H3,(H,27,30). The molecular formula is C25H26ClN3O6. The third-order valence-corrected chi connectivity index (χ3v) is 6.16. The number of hydrogen-bond donors (Lipinski definition) is 1. The number of nitro benzene ring substituents is 1. The Kier molecular flexibility index (Phi) is 7.89. The zero-order valence-corrected chi connectivity index (χ0v) is 20.0. The van der Waals surface area contributed by atoms with Crippen molar-refractivity contribution in [3.8, 4) is 17.2 Å². The lowest BCUT2D eigenvalue weighted by Crippen LogP contribution is -2.40. The maximum atomic E-state index is 13.0. The third kappa shape index (κ3) is 5.93. The number of hydrogen-bond acceptors (Lipinski definition) is 7. The molecule has 1 aliphatic heterocycles. The van der Waals surface area contributed by atoms with Gasteiger partial charge in [-0.1, -0.05) is 18.0 Å². The van der Waals surface area contributed by atoms with Gasteiger partial charge in [0.1, 0.15) is 5.76 Å². The van der Waals surface area contributed by atoms with Crippen LogP contribution in [0.4, 0.5) is 5.69 Å². The van der Waals surface area contributed by atoms with Crippen LogP contribution in [0.2, 0.25) is 5.02 Å². The monoisotopic (exact) mass is 499 g/mol. The molecule has 10 heteroatoms. The first kappa shape index (κ1) is 24.6. The molecule has 0 radical (unpaired) electrons. The zero-order valence-electron chi connectivity index (χ0n) is 19.2. The normalized spacial score (nSPS) is 14.8. The zero-order chi connectivity index (χ0) is 24.8. The molecule has 35 heavy (non-hydrogen) atoms. The Bertz CT molecular complexity index is 1180. The second-order valence-electron chi connectivity index (χ2n) is 8.17. The molecule has 4 rings (SSSR count). The van der Waals surface area contributed by atoms with Gasteiger partial charge in [0, 0.05) is 23.2 Å². The highest BCUT2D eigenvalue weighted by atomic mass is 35.5. The van der Waals surface area contributed by atoms with Crippen LogP contribution in [0, 0.1) is 10.1 Å². The molecule has 2 aromatic carbocycles. The van der Waals surface area contributed by atoms with Crippen molar-refractivity contribution in [2.45, 2.75) is 25.3 Å². The van der Waals surface area contributed by atoms with Crippen molar-refractivity contribution in [2.75, 3.05) is 26.7 Å². The molecule has 1 saturated heterocycles. The van der Waals surface area contributed by atoms with Gasteiger partial charge in [0.25, 0.3) is 5.91 Å². The molecule has 0 saturated carbocycles. The summed E-state index contributed by atoms with van der Waals surface area (Å²) in [7, 11) is 1.43. The SMILES string of the molecule is COc1cc(C(=O)NCC(c2ccco2)N2CCCCC2)ccc1Oc1ccc(Cl)cc1[N+](=O)[O-]. The fourth-order valence-electron chi connectivity index (χ4n) is 4.14. The van der Waals surface area contributed by atoms with Crippen LogP contribution in [0.1, 0.15) is 41.4 Å². The lowest BCUT2D eigenvalue weighted by atomic mass is 10.1. The molecule has 0 spiro atoms. The number of nitro groups is 1. The molecule has 1 atom stereocenters. The van der Waals surface area contributed by atoms with Gasteiger partial charge in [-0.25, -0.2) is 0 Å². The number of piperidine rings is 1. The van der Waals surface area contributed by atoms with E-state index in [1.165, 1.54) is 37.8 Å². The summed E-state index contributed by atoms with van der Waals surface area (Å²) in [6, 6.07) is 12.5. The molecule has 1 aromatic heterocycles. The summed E-state index contributed by atoms with van der Waals surface area (Å²) >= 11 is 5.87. The number of amides is 1. The molecule has 1 fully saturated rings. The van der Waals surface area contributed by atoms with Gasteiger partial charge in [0.2, 0.25) is 5.75 Å². The van der Waals surface area contributed by atoms with E-state index in [4.69, 9.17) is 25.5 Å². The van der Waals surface area contributed by atoms with Gasteiger partial charge in [-0.3, -0.25) is 19.8 Å². The van der Waals surface area contributed by atoms with Crippen molar-refractivity contribution in [3.05, 3.63) is 81.3 Å². The van der Waals surface area contributed by atoms with Gasteiger partial charge in [-0.15, -0.1) is 0 Å². The van der Waals surface area contributed by atoms with Crippen LogP contribution < -0.4 is 14.8 Å². The number of nitrogens with zero attached hydrogens (tertiary/aromatic N) is 2. The average Bonchev–Trinajstić information content (AvgIpc) is 3.40. The maximum Gasteiger partial charge on any atom is 0.313 e. The molecule has 1 aliphatic rings. The Morgan fingerprint density at radius 1 is 1.14 bits per heavy atom. The topological polar surface area (TPSA) is 107 Å². The number of rotatable bonds is 9. The van der Waals surface area contributed by atoms with Crippen molar-refractivity contribution < 1.29 is 23.6 Å². The number of carbonyl (C=O) groups excluding carboxylic acids is 1. The van der Waals surface area contributed by atoms with Gasteiger partial charge in [-0.2, -0.15) is 0 Å². The van der Waals surface area contributed by atoms with Crippen molar-refractivity contribution in [1.82, 2.24) is 10.2 Å². The molecule has 2 heterocycles. The summed E-state index contributed by atoms with van der Waals surface area (Å²) < 4.78 is 16.8. The van der Waals surface area contributed by atoms with Crippen LogP contribution in [0.5, 0.6) is 17.2 Å². The van der Waals surface area contributed by atoms with Gasteiger partial charge < -0.3 is 19.2 Å². The number of furan rings is 1. The van der Waals surface area contributed by atoms with Gasteiger partial charge in [0.05, 0.1) is 24.3 Å². The maximum absolute atomic E-state index is 13.0. The lowest BCUT2D eigenvalue weighted by molar-refractivity contribution is -0.385. The van der Waals surface area contributed by atoms with Crippen molar-refractivity contribution >= 4 is 23.2 Å². The number of nitrogens with one attached hydrogen (secondary N) is 1. The molecular weight excluding hydrogens is 474 g/mol. The minimum absolute atomic E-state index is 0.0118. The quantitative estimate of drug-likeness (QED) is 0.301. The van der Waals surface area contributed by atoms with E-state index in [-0.39, 0.29) is 39.9 Å². The van der Waals surface area contributed by atoms with E-state index < -0.39 is 4.92 Å². The van der Waals surface area contributed by atoms with Crippen molar-refractivity contribution in [2.24, 2.45) is 0 Å². The highest BCUT2D eigenvalue weighted by Gasteiger charge is 2.25. The second-order valence-corrected chi connectivity index (χ2v) is 8.61. The molecule has 1 N–H and O–H groups in total. The Labute approximate surface area is 207 Å². The summed E-state index contributed by atoms with van der Waals surface area (Å²) in [6.45, 7) is 2.31. The average molecular weight is 500 g/mol. The summed E-state index contributed by atoms with van der Waals surface area (Å²) in [4.78, 5) is 26.1. The fraction of sp³-hybridized carbons (Fsp3) is 0.320. The van der Waals surface area contributed by atoms with Crippen molar-refractivity contribution in [3.63, 3.8) is 0 Å². The predicted molar refractivity (Wildman–Crippen MR) is 130 cm³/mol. The van der Waals surface area contributed by atoms with Gasteiger partial charge >= 0.3 is 5.69 Å². The number of likely N-dealkylation sites (tertiary alicyclic amines) is 1. The minimum atomic E-state index is -0.576. The molecule has 1 unspecified atom stereocenters. The summed E-state index contributed by atoms with van der Waals surface area (Å²) in [5, 5.41) is 14.6. The van der Waals surface area contributed by atoms with E-state index in [9.17, 15) is 14.9 Å². The van der Waals surface area contributed by atoms with Crippen LogP contribution in [-0.2, 0) is 0 Å². The number of benzene rings is 2. The van der Waals surface area contributed by atoms with Crippen LogP contribution in [0.15, 0.2) is 59.2 Å². The van der Waals surface area contributed by atoms with E-state index in [2.05, 4.69) is 10.2 Å². The first-order valence-electron chi connectivity index (χ1n) is 11.3.